The van der Waals surface area contributed by atoms with Crippen molar-refractivity contribution < 1.29 is 18.9 Å². The first-order valence-corrected chi connectivity index (χ1v) is 10.4. The van der Waals surface area contributed by atoms with Crippen molar-refractivity contribution in [2.45, 2.75) is 16.5 Å². The molecule has 2 aromatic carbocycles. The lowest BCUT2D eigenvalue weighted by atomic mass is 10.1. The minimum absolute atomic E-state index is 0.130. The molecule has 3 aromatic rings. The van der Waals surface area contributed by atoms with Crippen LogP contribution in [0.3, 0.4) is 0 Å². The summed E-state index contributed by atoms with van der Waals surface area (Å²) in [5.41, 5.74) is 0.166. The van der Waals surface area contributed by atoms with Gasteiger partial charge in [-0.3, -0.25) is 24.6 Å². The second-order valence-electron chi connectivity index (χ2n) is 6.23. The average Bonchev–Trinajstić information content (AvgIpc) is 3.28. The summed E-state index contributed by atoms with van der Waals surface area (Å²) in [6.07, 6.45) is 1.51. The maximum atomic E-state index is 12.7. The molecular formula is C21H14N2O5S2. The first-order valence-electron chi connectivity index (χ1n) is 8.81. The van der Waals surface area contributed by atoms with Crippen LogP contribution in [-0.2, 0) is 11.3 Å². The fourth-order valence-electron chi connectivity index (χ4n) is 2.83. The summed E-state index contributed by atoms with van der Waals surface area (Å²) >= 11 is 2.23. The highest BCUT2D eigenvalue weighted by atomic mass is 32.2. The number of nitro groups is 1. The molecule has 0 spiro atoms. The van der Waals surface area contributed by atoms with Crippen LogP contribution < -0.4 is 0 Å². The number of thioether (sulfide) groups is 1. The molecule has 1 saturated heterocycles. The molecule has 1 aliphatic heterocycles. The zero-order valence-electron chi connectivity index (χ0n) is 15.4. The van der Waals surface area contributed by atoms with Gasteiger partial charge in [0, 0.05) is 22.6 Å². The minimum atomic E-state index is -0.529. The summed E-state index contributed by atoms with van der Waals surface area (Å²) in [6, 6.07) is 19.3. The van der Waals surface area contributed by atoms with Gasteiger partial charge in [-0.05, 0) is 36.0 Å². The largest absolute Gasteiger partial charge is 0.450 e. The van der Waals surface area contributed by atoms with E-state index < -0.39 is 16.1 Å². The molecule has 30 heavy (non-hydrogen) atoms. The third kappa shape index (κ3) is 4.32. The molecule has 2 amide bonds. The molecule has 0 unspecified atom stereocenters. The summed E-state index contributed by atoms with van der Waals surface area (Å²) < 4.78 is 5.74. The smallest absolute Gasteiger partial charge is 0.293 e. The van der Waals surface area contributed by atoms with Crippen molar-refractivity contribution in [2.24, 2.45) is 0 Å². The van der Waals surface area contributed by atoms with Gasteiger partial charge in [0.25, 0.3) is 16.8 Å². The van der Waals surface area contributed by atoms with Gasteiger partial charge >= 0.3 is 0 Å². The first kappa shape index (κ1) is 20.0. The van der Waals surface area contributed by atoms with Crippen molar-refractivity contribution >= 4 is 46.4 Å². The Labute approximate surface area is 179 Å². The number of furan rings is 1. The van der Waals surface area contributed by atoms with E-state index in [1.807, 2.05) is 30.3 Å². The van der Waals surface area contributed by atoms with Crippen LogP contribution >= 0.6 is 23.5 Å². The van der Waals surface area contributed by atoms with Crippen molar-refractivity contribution in [3.05, 3.63) is 93.1 Å². The highest BCUT2D eigenvalue weighted by Crippen LogP contribution is 2.36. The lowest BCUT2D eigenvalue weighted by molar-refractivity contribution is -0.385. The number of rotatable bonds is 6. The molecule has 1 aliphatic rings. The molecule has 1 aromatic heterocycles. The zero-order valence-corrected chi connectivity index (χ0v) is 17.0. The molecule has 2 heterocycles. The third-order valence-corrected chi connectivity index (χ3v) is 6.06. The van der Waals surface area contributed by atoms with Crippen molar-refractivity contribution in [1.29, 1.82) is 0 Å². The van der Waals surface area contributed by atoms with E-state index in [9.17, 15) is 19.7 Å². The molecule has 4 rings (SSSR count). The van der Waals surface area contributed by atoms with Gasteiger partial charge in [-0.2, -0.15) is 0 Å². The number of imide groups is 1. The molecule has 0 atom stereocenters. The number of amides is 2. The quantitative estimate of drug-likeness (QED) is 0.282. The number of hydrogen-bond acceptors (Lipinski definition) is 7. The van der Waals surface area contributed by atoms with Crippen molar-refractivity contribution in [3.8, 4) is 0 Å². The lowest BCUT2D eigenvalue weighted by Crippen LogP contribution is -2.27. The van der Waals surface area contributed by atoms with E-state index in [4.69, 9.17) is 4.42 Å². The average molecular weight is 438 g/mol. The number of para-hydroxylation sites is 1. The van der Waals surface area contributed by atoms with Crippen LogP contribution in [0.15, 0.2) is 86.0 Å². The van der Waals surface area contributed by atoms with Crippen LogP contribution in [0.2, 0.25) is 0 Å². The van der Waals surface area contributed by atoms with E-state index in [1.54, 1.807) is 18.2 Å². The van der Waals surface area contributed by atoms with E-state index in [1.165, 1.54) is 36.0 Å². The molecule has 0 aliphatic carbocycles. The van der Waals surface area contributed by atoms with Gasteiger partial charge in [-0.15, -0.1) is 0 Å². The Morgan fingerprint density at radius 1 is 1.03 bits per heavy atom. The van der Waals surface area contributed by atoms with Gasteiger partial charge in [0.05, 0.1) is 16.4 Å². The molecule has 0 N–H and O–H groups in total. The van der Waals surface area contributed by atoms with Crippen LogP contribution in [0.4, 0.5) is 10.5 Å². The summed E-state index contributed by atoms with van der Waals surface area (Å²) in [5.74, 6) is -0.0542. The number of carbonyl (C=O) groups excluding carboxylic acids is 2. The Morgan fingerprint density at radius 3 is 2.53 bits per heavy atom. The SMILES string of the molecule is O=C1S/C(=C\c2ccc(Sc3ccccc3)o2)C(=O)N1Cc1ccccc1[N+](=O)[O-]. The Morgan fingerprint density at radius 2 is 1.77 bits per heavy atom. The van der Waals surface area contributed by atoms with Gasteiger partial charge in [0.1, 0.15) is 5.76 Å². The Balaban J connectivity index is 1.50. The number of nitrogens with zero attached hydrogens (tertiary/aromatic N) is 2. The summed E-state index contributed by atoms with van der Waals surface area (Å²) in [4.78, 5) is 37.9. The molecule has 0 radical (unpaired) electrons. The first-order chi connectivity index (χ1) is 14.5. The molecule has 1 fully saturated rings. The van der Waals surface area contributed by atoms with Crippen LogP contribution in [0.25, 0.3) is 6.08 Å². The van der Waals surface area contributed by atoms with E-state index >= 15 is 0 Å². The van der Waals surface area contributed by atoms with E-state index in [2.05, 4.69) is 0 Å². The van der Waals surface area contributed by atoms with Crippen molar-refractivity contribution in [3.63, 3.8) is 0 Å². The maximum Gasteiger partial charge on any atom is 0.293 e. The molecule has 7 nitrogen and oxygen atoms in total. The predicted molar refractivity (Wildman–Crippen MR) is 114 cm³/mol. The number of nitro benzene ring substituents is 1. The monoisotopic (exact) mass is 438 g/mol. The van der Waals surface area contributed by atoms with Gasteiger partial charge < -0.3 is 4.42 Å². The van der Waals surface area contributed by atoms with Gasteiger partial charge in [-0.25, -0.2) is 0 Å². The number of hydrogen-bond donors (Lipinski definition) is 0. The topological polar surface area (TPSA) is 93.7 Å². The molecule has 0 bridgehead atoms. The zero-order chi connectivity index (χ0) is 21.1. The number of benzene rings is 2. The van der Waals surface area contributed by atoms with Gasteiger partial charge in [-0.1, -0.05) is 48.2 Å². The molecule has 150 valence electrons. The summed E-state index contributed by atoms with van der Waals surface area (Å²) in [6.45, 7) is -0.160. The minimum Gasteiger partial charge on any atom is -0.450 e. The predicted octanol–water partition coefficient (Wildman–Crippen LogP) is 5.58. The van der Waals surface area contributed by atoms with Crippen LogP contribution in [0, 0.1) is 10.1 Å². The standard InChI is InChI=1S/C21H14N2O5S2/c24-20-18(12-15-10-11-19(28-15)29-16-7-2-1-3-8-16)30-21(25)22(20)13-14-6-4-5-9-17(14)23(26)27/h1-12H,13H2/b18-12-. The van der Waals surface area contributed by atoms with Crippen LogP contribution in [0.1, 0.15) is 11.3 Å². The van der Waals surface area contributed by atoms with E-state index in [-0.39, 0.29) is 17.1 Å². The Hall–Kier alpha value is -3.30. The van der Waals surface area contributed by atoms with E-state index in [0.717, 1.165) is 21.6 Å². The summed E-state index contributed by atoms with van der Waals surface area (Å²) in [7, 11) is 0. The molecule has 9 heteroatoms. The highest BCUT2D eigenvalue weighted by Gasteiger charge is 2.36. The number of carbonyl (C=O) groups is 2. The fourth-order valence-corrected chi connectivity index (χ4v) is 4.45. The Bertz CT molecular complexity index is 1160. The second-order valence-corrected chi connectivity index (χ2v) is 8.30. The van der Waals surface area contributed by atoms with Crippen LogP contribution in [-0.4, -0.2) is 21.0 Å². The molecule has 0 saturated carbocycles. The summed E-state index contributed by atoms with van der Waals surface area (Å²) in [5, 5.41) is 11.4. The highest BCUT2D eigenvalue weighted by molar-refractivity contribution is 8.18. The van der Waals surface area contributed by atoms with Crippen molar-refractivity contribution in [1.82, 2.24) is 4.90 Å². The third-order valence-electron chi connectivity index (χ3n) is 4.23. The fraction of sp³-hybridized carbons (Fsp3) is 0.0476. The maximum absolute atomic E-state index is 12.7. The van der Waals surface area contributed by atoms with Gasteiger partial charge in [0.15, 0.2) is 5.09 Å². The normalized spacial score (nSPS) is 15.2. The second kappa shape index (κ2) is 8.60. The van der Waals surface area contributed by atoms with Crippen molar-refractivity contribution in [2.75, 3.05) is 0 Å². The molecular weight excluding hydrogens is 424 g/mol. The van der Waals surface area contributed by atoms with E-state index in [0.29, 0.717) is 16.4 Å². The Kier molecular flexibility index (Phi) is 5.73. The van der Waals surface area contributed by atoms with Gasteiger partial charge in [0.2, 0.25) is 0 Å². The van der Waals surface area contributed by atoms with Crippen LogP contribution in [0.5, 0.6) is 0 Å². The lowest BCUT2D eigenvalue weighted by Gasteiger charge is -2.12.